The zero-order chi connectivity index (χ0) is 22.9. The number of carboxylic acid groups (broad SMARTS) is 1. The summed E-state index contributed by atoms with van der Waals surface area (Å²) in [5, 5.41) is 11.5. The van der Waals surface area contributed by atoms with Gasteiger partial charge in [-0.25, -0.2) is 9.59 Å². The number of rotatable bonds is 11. The molecule has 1 atom stereocenters. The Labute approximate surface area is 187 Å². The minimum absolute atomic E-state index is 0.0000430. The number of unbranched alkanes of at least 4 members (excludes halogenated alkanes) is 1. The second-order valence-corrected chi connectivity index (χ2v) is 7.58. The SMILES string of the molecule is C=CCOC(=O)N[C@@H](CCCCC(=O)OCC1c2ccccc2-c2ccccc21)C(=O)O. The van der Waals surface area contributed by atoms with E-state index in [-0.39, 0.29) is 37.9 Å². The van der Waals surface area contributed by atoms with Crippen molar-refractivity contribution in [3.05, 3.63) is 72.3 Å². The lowest BCUT2D eigenvalue weighted by molar-refractivity contribution is -0.144. The van der Waals surface area contributed by atoms with Crippen LogP contribution >= 0.6 is 0 Å². The van der Waals surface area contributed by atoms with Crippen LogP contribution in [-0.2, 0) is 19.1 Å². The maximum Gasteiger partial charge on any atom is 0.408 e. The molecule has 0 saturated carbocycles. The van der Waals surface area contributed by atoms with Crippen LogP contribution in [-0.4, -0.2) is 42.4 Å². The fourth-order valence-corrected chi connectivity index (χ4v) is 3.88. The standard InChI is InChI=1S/C25H27NO6/c1-2-15-31-25(30)26-22(24(28)29)13-7-8-14-23(27)32-16-21-19-11-5-3-9-17(19)18-10-4-6-12-20(18)21/h2-6,9-12,21-22H,1,7-8,13-16H2,(H,26,30)(H,28,29)/t22-/m0/s1. The van der Waals surface area contributed by atoms with Crippen LogP contribution in [0.1, 0.15) is 42.7 Å². The van der Waals surface area contributed by atoms with Gasteiger partial charge in [0.15, 0.2) is 0 Å². The molecule has 3 rings (SSSR count). The molecule has 0 aromatic heterocycles. The molecule has 2 aromatic rings. The van der Waals surface area contributed by atoms with Crippen LogP contribution in [0.5, 0.6) is 0 Å². The number of aliphatic carboxylic acids is 1. The maximum atomic E-state index is 12.3. The van der Waals surface area contributed by atoms with Crippen molar-refractivity contribution in [3.63, 3.8) is 0 Å². The van der Waals surface area contributed by atoms with Gasteiger partial charge in [0, 0.05) is 12.3 Å². The Morgan fingerprint density at radius 3 is 2.22 bits per heavy atom. The van der Waals surface area contributed by atoms with Gasteiger partial charge in [0.2, 0.25) is 0 Å². The monoisotopic (exact) mass is 437 g/mol. The molecule has 32 heavy (non-hydrogen) atoms. The molecule has 1 amide bonds. The molecule has 0 bridgehead atoms. The van der Waals surface area contributed by atoms with E-state index in [0.29, 0.717) is 12.8 Å². The van der Waals surface area contributed by atoms with Gasteiger partial charge in [-0.15, -0.1) is 0 Å². The highest BCUT2D eigenvalue weighted by Gasteiger charge is 2.29. The second kappa shape index (κ2) is 11.1. The van der Waals surface area contributed by atoms with Crippen molar-refractivity contribution in [1.29, 1.82) is 0 Å². The number of alkyl carbamates (subject to hydrolysis) is 1. The molecule has 0 fully saturated rings. The molecular formula is C25H27NO6. The number of benzene rings is 2. The van der Waals surface area contributed by atoms with E-state index < -0.39 is 18.1 Å². The Hall–Kier alpha value is -3.61. The number of fused-ring (bicyclic) bond motifs is 3. The smallest absolute Gasteiger partial charge is 0.408 e. The number of hydrogen-bond donors (Lipinski definition) is 2. The molecule has 0 heterocycles. The first kappa shape index (κ1) is 23.1. The third kappa shape index (κ3) is 5.75. The maximum absolute atomic E-state index is 12.3. The fraction of sp³-hybridized carbons (Fsp3) is 0.320. The zero-order valence-corrected chi connectivity index (χ0v) is 17.8. The van der Waals surface area contributed by atoms with Crippen molar-refractivity contribution >= 4 is 18.0 Å². The largest absolute Gasteiger partial charge is 0.480 e. The van der Waals surface area contributed by atoms with Gasteiger partial charge in [-0.1, -0.05) is 67.6 Å². The predicted octanol–water partition coefficient (Wildman–Crippen LogP) is 4.27. The van der Waals surface area contributed by atoms with Gasteiger partial charge in [0.1, 0.15) is 19.3 Å². The summed E-state index contributed by atoms with van der Waals surface area (Å²) in [6, 6.07) is 15.2. The molecule has 2 N–H and O–H groups in total. The molecule has 0 saturated heterocycles. The highest BCUT2D eigenvalue weighted by Crippen LogP contribution is 2.44. The lowest BCUT2D eigenvalue weighted by Gasteiger charge is -2.15. The number of carboxylic acids is 1. The number of esters is 1. The average molecular weight is 437 g/mol. The van der Waals surface area contributed by atoms with Crippen LogP contribution in [0.25, 0.3) is 11.1 Å². The lowest BCUT2D eigenvalue weighted by atomic mass is 9.98. The first-order valence-electron chi connectivity index (χ1n) is 10.6. The Bertz CT molecular complexity index is 940. The minimum Gasteiger partial charge on any atom is -0.480 e. The van der Waals surface area contributed by atoms with Gasteiger partial charge in [-0.3, -0.25) is 4.79 Å². The van der Waals surface area contributed by atoms with E-state index in [1.807, 2.05) is 24.3 Å². The van der Waals surface area contributed by atoms with Gasteiger partial charge in [-0.05, 0) is 35.1 Å². The molecule has 168 valence electrons. The molecule has 0 radical (unpaired) electrons. The summed E-state index contributed by atoms with van der Waals surface area (Å²) in [7, 11) is 0. The quantitative estimate of drug-likeness (QED) is 0.309. The van der Waals surface area contributed by atoms with Crippen molar-refractivity contribution in [2.24, 2.45) is 0 Å². The zero-order valence-electron chi connectivity index (χ0n) is 17.8. The Morgan fingerprint density at radius 2 is 1.62 bits per heavy atom. The Kier molecular flexibility index (Phi) is 8.02. The minimum atomic E-state index is -1.15. The molecule has 0 unspecified atom stereocenters. The summed E-state index contributed by atoms with van der Waals surface area (Å²) in [4.78, 5) is 35.1. The van der Waals surface area contributed by atoms with E-state index >= 15 is 0 Å². The van der Waals surface area contributed by atoms with Crippen LogP contribution in [0.4, 0.5) is 4.79 Å². The Morgan fingerprint density at radius 1 is 1.00 bits per heavy atom. The third-order valence-corrected chi connectivity index (χ3v) is 5.42. The van der Waals surface area contributed by atoms with E-state index in [4.69, 9.17) is 9.47 Å². The van der Waals surface area contributed by atoms with Gasteiger partial charge in [0.05, 0.1) is 0 Å². The van der Waals surface area contributed by atoms with E-state index in [9.17, 15) is 19.5 Å². The highest BCUT2D eigenvalue weighted by atomic mass is 16.5. The van der Waals surface area contributed by atoms with Crippen molar-refractivity contribution in [2.75, 3.05) is 13.2 Å². The average Bonchev–Trinajstić information content (AvgIpc) is 3.12. The third-order valence-electron chi connectivity index (χ3n) is 5.42. The van der Waals surface area contributed by atoms with Gasteiger partial charge in [0.25, 0.3) is 0 Å². The van der Waals surface area contributed by atoms with E-state index in [0.717, 1.165) is 11.1 Å². The first-order valence-corrected chi connectivity index (χ1v) is 10.6. The molecule has 2 aromatic carbocycles. The van der Waals surface area contributed by atoms with Crippen LogP contribution in [0.3, 0.4) is 0 Å². The summed E-state index contributed by atoms with van der Waals surface area (Å²) in [6.45, 7) is 3.69. The van der Waals surface area contributed by atoms with Gasteiger partial charge < -0.3 is 19.9 Å². The summed E-state index contributed by atoms with van der Waals surface area (Å²) in [5.41, 5.74) is 4.64. The lowest BCUT2D eigenvalue weighted by Crippen LogP contribution is -2.41. The molecule has 0 aliphatic heterocycles. The van der Waals surface area contributed by atoms with Crippen molar-refractivity contribution in [2.45, 2.75) is 37.6 Å². The van der Waals surface area contributed by atoms with Crippen molar-refractivity contribution in [3.8, 4) is 11.1 Å². The van der Waals surface area contributed by atoms with Crippen molar-refractivity contribution in [1.82, 2.24) is 5.32 Å². The van der Waals surface area contributed by atoms with Gasteiger partial charge >= 0.3 is 18.0 Å². The summed E-state index contributed by atoms with van der Waals surface area (Å²) in [6.07, 6.45) is 1.86. The van der Waals surface area contributed by atoms with Crippen LogP contribution < -0.4 is 5.32 Å². The number of carbonyl (C=O) groups is 3. The summed E-state index contributed by atoms with van der Waals surface area (Å²) >= 11 is 0. The molecular weight excluding hydrogens is 410 g/mol. The molecule has 1 aliphatic rings. The molecule has 7 nitrogen and oxygen atoms in total. The molecule has 7 heteroatoms. The van der Waals surface area contributed by atoms with Crippen LogP contribution in [0, 0.1) is 0 Å². The normalized spacial score (nSPS) is 12.9. The number of ether oxygens (including phenoxy) is 2. The van der Waals surface area contributed by atoms with E-state index in [1.54, 1.807) is 0 Å². The fourth-order valence-electron chi connectivity index (χ4n) is 3.88. The predicted molar refractivity (Wildman–Crippen MR) is 119 cm³/mol. The van der Waals surface area contributed by atoms with Crippen molar-refractivity contribution < 1.29 is 29.0 Å². The topological polar surface area (TPSA) is 102 Å². The Balaban J connectivity index is 1.44. The summed E-state index contributed by atoms with van der Waals surface area (Å²) in [5.74, 6) is -1.47. The van der Waals surface area contributed by atoms with Crippen LogP contribution in [0.15, 0.2) is 61.2 Å². The number of hydrogen-bond acceptors (Lipinski definition) is 5. The number of nitrogens with one attached hydrogen (secondary N) is 1. The molecule has 0 spiro atoms. The van der Waals surface area contributed by atoms with E-state index in [1.165, 1.54) is 17.2 Å². The molecule has 1 aliphatic carbocycles. The van der Waals surface area contributed by atoms with Crippen LogP contribution in [0.2, 0.25) is 0 Å². The first-order chi connectivity index (χ1) is 15.5. The van der Waals surface area contributed by atoms with E-state index in [2.05, 4.69) is 36.2 Å². The number of carbonyl (C=O) groups excluding carboxylic acids is 2. The van der Waals surface area contributed by atoms with Gasteiger partial charge in [-0.2, -0.15) is 0 Å². The summed E-state index contributed by atoms with van der Waals surface area (Å²) < 4.78 is 10.3. The highest BCUT2D eigenvalue weighted by molar-refractivity contribution is 5.80. The second-order valence-electron chi connectivity index (χ2n) is 7.58. The number of amides is 1.